The number of carbonyl (C=O) groups is 1. The van der Waals surface area contributed by atoms with Crippen LogP contribution in [0.15, 0.2) is 48.8 Å². The van der Waals surface area contributed by atoms with Crippen molar-refractivity contribution in [3.63, 3.8) is 0 Å². The van der Waals surface area contributed by atoms with Gasteiger partial charge in [-0.25, -0.2) is 9.97 Å². The zero-order valence-electron chi connectivity index (χ0n) is 18.3. The van der Waals surface area contributed by atoms with E-state index in [1.165, 1.54) is 16.9 Å². The summed E-state index contributed by atoms with van der Waals surface area (Å²) in [6.07, 6.45) is 6.90. The highest BCUT2D eigenvalue weighted by atomic mass is 32.1. The van der Waals surface area contributed by atoms with Gasteiger partial charge in [0.05, 0.1) is 5.39 Å². The number of benzene rings is 1. The van der Waals surface area contributed by atoms with Gasteiger partial charge in [-0.1, -0.05) is 0 Å². The Morgan fingerprint density at radius 2 is 1.91 bits per heavy atom. The second-order valence-corrected chi connectivity index (χ2v) is 8.94. The first-order chi connectivity index (χ1) is 15.7. The van der Waals surface area contributed by atoms with Crippen LogP contribution in [0.2, 0.25) is 0 Å². The minimum Gasteiger partial charge on any atom is -0.340 e. The number of rotatable bonds is 6. The second kappa shape index (κ2) is 8.67. The molecule has 3 heterocycles. The fraction of sp³-hybridized carbons (Fsp3) is 0.280. The maximum atomic E-state index is 12.6. The Bertz CT molecular complexity index is 1260. The fourth-order valence-electron chi connectivity index (χ4n) is 4.24. The number of amides is 1. The Morgan fingerprint density at radius 3 is 2.62 bits per heavy atom. The molecule has 0 fully saturated rings. The maximum Gasteiger partial charge on any atom is 0.253 e. The topological polar surface area (TPSA) is 71.0 Å². The first-order valence-corrected chi connectivity index (χ1v) is 11.9. The second-order valence-electron chi connectivity index (χ2n) is 7.85. The van der Waals surface area contributed by atoms with Crippen LogP contribution in [0.25, 0.3) is 21.6 Å². The molecule has 3 aromatic heterocycles. The predicted octanol–water partition coefficient (Wildman–Crippen LogP) is 5.47. The minimum absolute atomic E-state index is 0.0560. The lowest BCUT2D eigenvalue weighted by Gasteiger charge is -2.18. The zero-order chi connectivity index (χ0) is 22.1. The molecule has 1 aromatic carbocycles. The van der Waals surface area contributed by atoms with Gasteiger partial charge in [-0.15, -0.1) is 11.3 Å². The van der Waals surface area contributed by atoms with E-state index < -0.39 is 0 Å². The number of nitrogens with zero attached hydrogens (tertiary/aromatic N) is 4. The van der Waals surface area contributed by atoms with Crippen molar-refractivity contribution in [3.8, 4) is 11.4 Å². The van der Waals surface area contributed by atoms with Gasteiger partial charge in [0, 0.05) is 47.2 Å². The van der Waals surface area contributed by atoms with Gasteiger partial charge >= 0.3 is 0 Å². The lowest BCUT2D eigenvalue weighted by Crippen LogP contribution is -2.30. The molecule has 4 aromatic rings. The number of nitrogens with one attached hydrogen (secondary N) is 1. The first-order valence-electron chi connectivity index (χ1n) is 11.1. The molecule has 1 N–H and O–H groups in total. The van der Waals surface area contributed by atoms with Crippen LogP contribution >= 0.6 is 11.3 Å². The van der Waals surface area contributed by atoms with Crippen molar-refractivity contribution < 1.29 is 4.79 Å². The average Bonchev–Trinajstić information content (AvgIpc) is 3.42. The summed E-state index contributed by atoms with van der Waals surface area (Å²) in [5.41, 5.74) is 3.86. The molecule has 162 valence electrons. The van der Waals surface area contributed by atoms with Crippen LogP contribution < -0.4 is 5.32 Å². The van der Waals surface area contributed by atoms with E-state index in [2.05, 4.69) is 10.3 Å². The molecule has 0 aliphatic heterocycles. The molecule has 32 heavy (non-hydrogen) atoms. The van der Waals surface area contributed by atoms with Gasteiger partial charge in [-0.3, -0.25) is 9.78 Å². The first kappa shape index (κ1) is 20.6. The molecule has 0 atom stereocenters. The molecule has 0 spiro atoms. The lowest BCUT2D eigenvalue weighted by atomic mass is 10.1. The molecule has 1 aliphatic carbocycles. The van der Waals surface area contributed by atoms with Gasteiger partial charge < -0.3 is 10.2 Å². The molecule has 0 bridgehead atoms. The number of pyridine rings is 1. The third-order valence-electron chi connectivity index (χ3n) is 5.93. The number of fused-ring (bicyclic) bond motifs is 3. The van der Waals surface area contributed by atoms with Crippen LogP contribution in [0, 0.1) is 0 Å². The van der Waals surface area contributed by atoms with Crippen molar-refractivity contribution >= 4 is 39.0 Å². The Labute approximate surface area is 191 Å². The van der Waals surface area contributed by atoms with E-state index in [0.29, 0.717) is 24.5 Å². The van der Waals surface area contributed by atoms with Crippen molar-refractivity contribution in [2.45, 2.75) is 33.1 Å². The number of aromatic nitrogens is 3. The molecule has 5 rings (SSSR count). The van der Waals surface area contributed by atoms with Crippen LogP contribution in [-0.4, -0.2) is 38.8 Å². The van der Waals surface area contributed by atoms with E-state index >= 15 is 0 Å². The van der Waals surface area contributed by atoms with E-state index in [1.54, 1.807) is 23.7 Å². The number of anilines is 2. The van der Waals surface area contributed by atoms with Crippen molar-refractivity contribution in [1.29, 1.82) is 0 Å². The SMILES string of the molecule is CCN(CC)C(=O)c1ccc(Nc2nc(-c3cccnc3)nc3sc4c(c23)CCC4)cc1. The van der Waals surface area contributed by atoms with Crippen LogP contribution in [0.1, 0.15) is 41.1 Å². The van der Waals surface area contributed by atoms with E-state index in [0.717, 1.165) is 40.1 Å². The standard InChI is InChI=1S/C25H25N5OS/c1-3-30(4-2)25(31)16-10-12-18(13-11-16)27-23-21-19-8-5-9-20(19)32-24(21)29-22(28-23)17-7-6-14-26-15-17/h6-7,10-15H,3-5,8-9H2,1-2H3,(H,27,28,29). The molecule has 7 heteroatoms. The van der Waals surface area contributed by atoms with Crippen molar-refractivity contribution in [3.05, 3.63) is 64.8 Å². The summed E-state index contributed by atoms with van der Waals surface area (Å²) >= 11 is 1.77. The molecule has 1 aliphatic rings. The molecule has 6 nitrogen and oxygen atoms in total. The van der Waals surface area contributed by atoms with Gasteiger partial charge in [0.15, 0.2) is 5.82 Å². The van der Waals surface area contributed by atoms with Gasteiger partial charge in [0.2, 0.25) is 0 Å². The van der Waals surface area contributed by atoms with Crippen LogP contribution in [0.4, 0.5) is 11.5 Å². The van der Waals surface area contributed by atoms with Crippen LogP contribution in [0.5, 0.6) is 0 Å². The highest BCUT2D eigenvalue weighted by Crippen LogP contribution is 2.41. The average molecular weight is 444 g/mol. The third kappa shape index (κ3) is 3.73. The molecule has 0 unspecified atom stereocenters. The summed E-state index contributed by atoms with van der Waals surface area (Å²) in [6, 6.07) is 11.5. The van der Waals surface area contributed by atoms with Gasteiger partial charge in [-0.05, 0) is 75.1 Å². The van der Waals surface area contributed by atoms with Crippen LogP contribution in [-0.2, 0) is 12.8 Å². The van der Waals surface area contributed by atoms with Crippen LogP contribution in [0.3, 0.4) is 0 Å². The monoisotopic (exact) mass is 443 g/mol. The van der Waals surface area contributed by atoms with Gasteiger partial charge in [-0.2, -0.15) is 0 Å². The largest absolute Gasteiger partial charge is 0.340 e. The van der Waals surface area contributed by atoms with Crippen molar-refractivity contribution in [2.24, 2.45) is 0 Å². The summed E-state index contributed by atoms with van der Waals surface area (Å²) < 4.78 is 0. The molecular formula is C25H25N5OS. The van der Waals surface area contributed by atoms with E-state index in [9.17, 15) is 4.79 Å². The number of thiophene rings is 1. The summed E-state index contributed by atoms with van der Waals surface area (Å²) in [5, 5.41) is 4.63. The quantitative estimate of drug-likeness (QED) is 0.428. The Hall–Kier alpha value is -3.32. The summed E-state index contributed by atoms with van der Waals surface area (Å²) in [4.78, 5) is 30.9. The molecule has 0 saturated carbocycles. The highest BCUT2D eigenvalue weighted by molar-refractivity contribution is 7.19. The van der Waals surface area contributed by atoms with E-state index in [-0.39, 0.29) is 5.91 Å². The molecule has 0 saturated heterocycles. The fourth-order valence-corrected chi connectivity index (χ4v) is 5.50. The Morgan fingerprint density at radius 1 is 1.09 bits per heavy atom. The Balaban J connectivity index is 1.53. The molecule has 1 amide bonds. The Kier molecular flexibility index (Phi) is 5.57. The predicted molar refractivity (Wildman–Crippen MR) is 130 cm³/mol. The van der Waals surface area contributed by atoms with Gasteiger partial charge in [0.25, 0.3) is 5.91 Å². The lowest BCUT2D eigenvalue weighted by molar-refractivity contribution is 0.0773. The smallest absolute Gasteiger partial charge is 0.253 e. The van der Waals surface area contributed by atoms with E-state index in [1.807, 2.05) is 55.1 Å². The van der Waals surface area contributed by atoms with Crippen molar-refractivity contribution in [1.82, 2.24) is 19.9 Å². The minimum atomic E-state index is 0.0560. The third-order valence-corrected chi connectivity index (χ3v) is 7.12. The number of carbonyl (C=O) groups excluding carboxylic acids is 1. The number of aryl methyl sites for hydroxylation is 2. The van der Waals surface area contributed by atoms with Crippen molar-refractivity contribution in [2.75, 3.05) is 18.4 Å². The maximum absolute atomic E-state index is 12.6. The zero-order valence-corrected chi connectivity index (χ0v) is 19.1. The summed E-state index contributed by atoms with van der Waals surface area (Å²) in [5.74, 6) is 1.54. The molecular weight excluding hydrogens is 418 g/mol. The summed E-state index contributed by atoms with van der Waals surface area (Å²) in [7, 11) is 0. The van der Waals surface area contributed by atoms with E-state index in [4.69, 9.17) is 9.97 Å². The number of hydrogen-bond acceptors (Lipinski definition) is 6. The number of hydrogen-bond donors (Lipinski definition) is 1. The van der Waals surface area contributed by atoms with Gasteiger partial charge in [0.1, 0.15) is 10.6 Å². The highest BCUT2D eigenvalue weighted by Gasteiger charge is 2.23. The molecule has 0 radical (unpaired) electrons. The normalized spacial score (nSPS) is 12.7. The summed E-state index contributed by atoms with van der Waals surface area (Å²) in [6.45, 7) is 5.40.